The summed E-state index contributed by atoms with van der Waals surface area (Å²) in [6.07, 6.45) is 0. The number of rotatable bonds is 6. The first-order valence-corrected chi connectivity index (χ1v) is 13.7. The normalized spacial score (nSPS) is 15.3. The maximum absolute atomic E-state index is 12.3. The van der Waals surface area contributed by atoms with Crippen LogP contribution in [0.3, 0.4) is 0 Å². The van der Waals surface area contributed by atoms with E-state index in [-0.39, 0.29) is 11.9 Å². The summed E-state index contributed by atoms with van der Waals surface area (Å²) in [4.78, 5) is 24.5. The van der Waals surface area contributed by atoms with Crippen LogP contribution in [-0.4, -0.2) is 11.9 Å². The van der Waals surface area contributed by atoms with Crippen molar-refractivity contribution in [2.45, 2.75) is 26.2 Å². The van der Waals surface area contributed by atoms with Crippen LogP contribution in [0.15, 0.2) is 121 Å². The molecule has 0 radical (unpaired) electrons. The average molecular weight is 539 g/mol. The molecule has 0 heterocycles. The predicted molar refractivity (Wildman–Crippen MR) is 162 cm³/mol. The van der Waals surface area contributed by atoms with E-state index in [9.17, 15) is 9.59 Å². The van der Waals surface area contributed by atoms with Crippen LogP contribution in [0.1, 0.15) is 43.0 Å². The van der Waals surface area contributed by atoms with Crippen molar-refractivity contribution in [3.8, 4) is 22.6 Å². The van der Waals surface area contributed by atoms with Gasteiger partial charge in [-0.3, -0.25) is 4.79 Å². The van der Waals surface area contributed by atoms with Gasteiger partial charge in [0.1, 0.15) is 11.5 Å². The number of benzene rings is 5. The number of carbonyl (C=O) groups is 2. The van der Waals surface area contributed by atoms with Gasteiger partial charge in [0.05, 0.1) is 11.3 Å². The second-order valence-corrected chi connectivity index (χ2v) is 10.8. The molecule has 0 bridgehead atoms. The van der Waals surface area contributed by atoms with E-state index in [0.29, 0.717) is 17.1 Å². The lowest BCUT2D eigenvalue weighted by Gasteiger charge is -2.34. The van der Waals surface area contributed by atoms with Gasteiger partial charge < -0.3 is 9.47 Å². The zero-order valence-electron chi connectivity index (χ0n) is 23.3. The summed E-state index contributed by atoms with van der Waals surface area (Å²) < 4.78 is 11.1. The average Bonchev–Trinajstić information content (AvgIpc) is 3.26. The van der Waals surface area contributed by atoms with Crippen molar-refractivity contribution in [3.63, 3.8) is 0 Å². The van der Waals surface area contributed by atoms with Crippen molar-refractivity contribution in [2.24, 2.45) is 5.92 Å². The largest absolute Gasteiger partial charge is 0.426 e. The fourth-order valence-corrected chi connectivity index (χ4v) is 5.73. The molecule has 1 unspecified atom stereocenters. The molecule has 0 spiro atoms. The van der Waals surface area contributed by atoms with Crippen molar-refractivity contribution in [1.82, 2.24) is 0 Å². The number of fused-ring (bicyclic) bond motifs is 4. The van der Waals surface area contributed by atoms with E-state index >= 15 is 0 Å². The third kappa shape index (κ3) is 4.42. The van der Waals surface area contributed by atoms with Crippen LogP contribution in [0.4, 0.5) is 0 Å². The smallest absolute Gasteiger partial charge is 0.338 e. The van der Waals surface area contributed by atoms with Gasteiger partial charge in [-0.05, 0) is 87.5 Å². The molecule has 41 heavy (non-hydrogen) atoms. The van der Waals surface area contributed by atoms with Crippen LogP contribution in [0, 0.1) is 5.92 Å². The topological polar surface area (TPSA) is 52.6 Å². The second-order valence-electron chi connectivity index (χ2n) is 10.8. The molecule has 202 valence electrons. The highest BCUT2D eigenvalue weighted by molar-refractivity contribution is 5.96. The van der Waals surface area contributed by atoms with Gasteiger partial charge in [0.25, 0.3) is 0 Å². The van der Waals surface area contributed by atoms with E-state index < -0.39 is 11.4 Å². The van der Waals surface area contributed by atoms with E-state index in [0.717, 1.165) is 27.6 Å². The number of hydrogen-bond acceptors (Lipinski definition) is 4. The molecule has 1 aliphatic rings. The fraction of sp³-hybridized carbons (Fsp3) is 0.135. The Bertz CT molecular complexity index is 1810. The number of hydrogen-bond donors (Lipinski definition) is 0. The molecular formula is C37H30O4. The zero-order valence-corrected chi connectivity index (χ0v) is 23.3. The molecule has 0 N–H and O–H groups in total. The molecule has 0 amide bonds. The summed E-state index contributed by atoms with van der Waals surface area (Å²) in [5, 5.41) is 2.33. The highest BCUT2D eigenvalue weighted by atomic mass is 16.5. The molecule has 0 aromatic heterocycles. The Morgan fingerprint density at radius 3 is 1.78 bits per heavy atom. The molecule has 1 aliphatic carbocycles. The van der Waals surface area contributed by atoms with Crippen LogP contribution < -0.4 is 9.47 Å². The van der Waals surface area contributed by atoms with Gasteiger partial charge in [0.2, 0.25) is 0 Å². The van der Waals surface area contributed by atoms with Gasteiger partial charge in [-0.15, -0.1) is 0 Å². The molecule has 6 rings (SSSR count). The second kappa shape index (κ2) is 10.2. The quantitative estimate of drug-likeness (QED) is 0.122. The summed E-state index contributed by atoms with van der Waals surface area (Å²) >= 11 is 0. The van der Waals surface area contributed by atoms with E-state index in [4.69, 9.17) is 9.47 Å². The lowest BCUT2D eigenvalue weighted by Crippen LogP contribution is -2.28. The molecule has 5 aromatic rings. The monoisotopic (exact) mass is 538 g/mol. The van der Waals surface area contributed by atoms with E-state index in [2.05, 4.69) is 67.2 Å². The van der Waals surface area contributed by atoms with Gasteiger partial charge >= 0.3 is 11.9 Å². The third-order valence-electron chi connectivity index (χ3n) is 7.73. The highest BCUT2D eigenvalue weighted by Crippen LogP contribution is 2.57. The van der Waals surface area contributed by atoms with Crippen LogP contribution >= 0.6 is 0 Å². The Morgan fingerprint density at radius 2 is 1.20 bits per heavy atom. The van der Waals surface area contributed by atoms with Crippen LogP contribution in [-0.2, 0) is 15.0 Å². The Balaban J connectivity index is 1.59. The van der Waals surface area contributed by atoms with Gasteiger partial charge in [0.15, 0.2) is 0 Å². The van der Waals surface area contributed by atoms with Crippen molar-refractivity contribution < 1.29 is 19.1 Å². The molecule has 0 saturated carbocycles. The Hall–Kier alpha value is -4.96. The number of ether oxygens (including phenoxy) is 2. The van der Waals surface area contributed by atoms with Crippen molar-refractivity contribution in [2.75, 3.05) is 0 Å². The van der Waals surface area contributed by atoms with E-state index in [1.807, 2.05) is 62.4 Å². The minimum absolute atomic E-state index is 0.222. The molecule has 4 heteroatoms. The van der Waals surface area contributed by atoms with Crippen molar-refractivity contribution in [1.29, 1.82) is 0 Å². The fourth-order valence-electron chi connectivity index (χ4n) is 5.73. The Labute approximate surface area is 239 Å². The molecule has 4 nitrogen and oxygen atoms in total. The standard InChI is InChI=1S/C37H30O4/c1-23(2)35(38)40-29-17-13-27(14-18-29)37(28-15-19-30(20-16-28)41-36(39)24(3)4)33-12-8-7-11-31(33)32-21-25-9-5-6-10-26(25)22-34(32)37/h5-22,24H,1H2,2-4H3. The van der Waals surface area contributed by atoms with E-state index in [1.165, 1.54) is 16.5 Å². The lowest BCUT2D eigenvalue weighted by molar-refractivity contribution is -0.137. The minimum Gasteiger partial charge on any atom is -0.426 e. The summed E-state index contributed by atoms with van der Waals surface area (Å²) in [5.74, 6) is 0.0188. The van der Waals surface area contributed by atoms with Gasteiger partial charge in [-0.25, -0.2) is 4.79 Å². The number of carbonyl (C=O) groups excluding carboxylic acids is 2. The Kier molecular flexibility index (Phi) is 6.55. The first-order chi connectivity index (χ1) is 19.8. The Morgan fingerprint density at radius 1 is 0.659 bits per heavy atom. The first-order valence-electron chi connectivity index (χ1n) is 13.7. The van der Waals surface area contributed by atoms with Crippen molar-refractivity contribution in [3.05, 3.63) is 144 Å². The molecule has 1 atom stereocenters. The lowest BCUT2D eigenvalue weighted by atomic mass is 9.67. The van der Waals surface area contributed by atoms with E-state index in [1.54, 1.807) is 6.92 Å². The number of esters is 2. The van der Waals surface area contributed by atoms with Crippen LogP contribution in [0.5, 0.6) is 11.5 Å². The van der Waals surface area contributed by atoms with Crippen LogP contribution in [0.2, 0.25) is 0 Å². The van der Waals surface area contributed by atoms with Gasteiger partial charge in [0, 0.05) is 5.57 Å². The molecule has 0 fully saturated rings. The summed E-state index contributed by atoms with van der Waals surface area (Å²) in [5.41, 5.74) is 6.41. The highest BCUT2D eigenvalue weighted by Gasteiger charge is 2.46. The van der Waals surface area contributed by atoms with Gasteiger partial charge in [-0.2, -0.15) is 0 Å². The third-order valence-corrected chi connectivity index (χ3v) is 7.73. The van der Waals surface area contributed by atoms with Crippen LogP contribution in [0.25, 0.3) is 21.9 Å². The summed E-state index contributed by atoms with van der Waals surface area (Å²) in [6.45, 7) is 8.95. The molecular weight excluding hydrogens is 508 g/mol. The molecule has 0 aliphatic heterocycles. The maximum Gasteiger partial charge on any atom is 0.338 e. The summed E-state index contributed by atoms with van der Waals surface area (Å²) in [7, 11) is 0. The first kappa shape index (κ1) is 26.3. The van der Waals surface area contributed by atoms with Crippen molar-refractivity contribution >= 4 is 22.7 Å². The molecule has 0 saturated heterocycles. The maximum atomic E-state index is 12.3. The SMILES string of the molecule is C=C(C)C(=O)Oc1ccc(C2(c3ccc(OC(=O)C(C)C)cc3)c3ccccc3-c3cc4ccccc4cc32)cc1. The molecule has 5 aromatic carbocycles. The minimum atomic E-state index is -0.659. The zero-order chi connectivity index (χ0) is 28.7. The van der Waals surface area contributed by atoms with Gasteiger partial charge in [-0.1, -0.05) is 93.2 Å². The predicted octanol–water partition coefficient (Wildman–Crippen LogP) is 8.25. The summed E-state index contributed by atoms with van der Waals surface area (Å²) in [6, 6.07) is 37.0.